The number of carbonyl (C=O) groups excluding carboxylic acids is 1. The number of hydrogen-bond donors (Lipinski definition) is 1. The fraction of sp³-hybridized carbons (Fsp3) is 0.250. The van der Waals surface area contributed by atoms with Gasteiger partial charge in [0.2, 0.25) is 0 Å². The maximum absolute atomic E-state index is 11.9. The van der Waals surface area contributed by atoms with E-state index in [1.54, 1.807) is 26.8 Å². The fourth-order valence-electron chi connectivity index (χ4n) is 1.78. The lowest BCUT2D eigenvalue weighted by Crippen LogP contribution is -2.27. The second-order valence-electron chi connectivity index (χ2n) is 5.52. The van der Waals surface area contributed by atoms with Gasteiger partial charge in [0.1, 0.15) is 16.6 Å². The van der Waals surface area contributed by atoms with Gasteiger partial charge in [-0.3, -0.25) is 5.32 Å². The van der Waals surface area contributed by atoms with Gasteiger partial charge in [-0.1, -0.05) is 41.9 Å². The molecule has 0 bridgehead atoms. The molecule has 2 aromatic rings. The Morgan fingerprint density at radius 2 is 1.81 bits per heavy atom. The van der Waals surface area contributed by atoms with Gasteiger partial charge < -0.3 is 4.74 Å². The molecule has 0 aliphatic carbocycles. The van der Waals surface area contributed by atoms with Crippen LogP contribution in [-0.2, 0) is 4.74 Å². The molecule has 21 heavy (non-hydrogen) atoms. The molecule has 1 aromatic heterocycles. The number of benzene rings is 1. The normalized spacial score (nSPS) is 11.0. The van der Waals surface area contributed by atoms with E-state index in [9.17, 15) is 4.79 Å². The molecule has 0 spiro atoms. The lowest BCUT2D eigenvalue weighted by Gasteiger charge is -2.20. The maximum Gasteiger partial charge on any atom is 0.413 e. The van der Waals surface area contributed by atoms with Crippen molar-refractivity contribution in [1.82, 2.24) is 4.98 Å². The number of nitrogens with zero attached hydrogens (tertiary/aromatic N) is 1. The van der Waals surface area contributed by atoms with Gasteiger partial charge in [0.25, 0.3) is 0 Å². The van der Waals surface area contributed by atoms with Crippen LogP contribution in [0.4, 0.5) is 10.6 Å². The summed E-state index contributed by atoms with van der Waals surface area (Å²) in [4.78, 5) is 16.1. The second-order valence-corrected chi connectivity index (χ2v) is 5.91. The van der Waals surface area contributed by atoms with Crippen molar-refractivity contribution in [3.63, 3.8) is 0 Å². The molecule has 110 valence electrons. The van der Waals surface area contributed by atoms with Crippen LogP contribution in [0.1, 0.15) is 20.8 Å². The summed E-state index contributed by atoms with van der Waals surface area (Å²) in [6.45, 7) is 5.41. The van der Waals surface area contributed by atoms with Crippen LogP contribution < -0.4 is 5.32 Å². The topological polar surface area (TPSA) is 51.2 Å². The number of rotatable bonds is 2. The van der Waals surface area contributed by atoms with Crippen LogP contribution in [0, 0.1) is 0 Å². The predicted octanol–water partition coefficient (Wildman–Crippen LogP) is 4.75. The third-order valence-electron chi connectivity index (χ3n) is 2.57. The molecule has 1 N–H and O–H groups in total. The Balaban J connectivity index is 2.30. The largest absolute Gasteiger partial charge is 0.444 e. The van der Waals surface area contributed by atoms with Crippen molar-refractivity contribution in [2.75, 3.05) is 5.32 Å². The molecule has 0 saturated carbocycles. The molecule has 5 heteroatoms. The smallest absolute Gasteiger partial charge is 0.413 e. The third-order valence-corrected chi connectivity index (χ3v) is 2.78. The monoisotopic (exact) mass is 304 g/mol. The van der Waals surface area contributed by atoms with Gasteiger partial charge in [-0.15, -0.1) is 0 Å². The highest BCUT2D eigenvalue weighted by atomic mass is 35.5. The van der Waals surface area contributed by atoms with Crippen molar-refractivity contribution in [2.45, 2.75) is 26.4 Å². The minimum absolute atomic E-state index is 0.306. The molecule has 1 amide bonds. The molecular weight excluding hydrogens is 288 g/mol. The van der Waals surface area contributed by atoms with Crippen LogP contribution >= 0.6 is 11.6 Å². The lowest BCUT2D eigenvalue weighted by atomic mass is 10.1. The van der Waals surface area contributed by atoms with Crippen LogP contribution in [0.15, 0.2) is 42.5 Å². The standard InChI is InChI=1S/C16H17ClN2O2/c1-16(2,3)21-15(20)19-14-12(9-10-13(17)18-14)11-7-5-4-6-8-11/h4-10H,1-3H3,(H,18,19,20). The Labute approximate surface area is 129 Å². The molecule has 0 aliphatic rings. The maximum atomic E-state index is 11.9. The van der Waals surface area contributed by atoms with Gasteiger partial charge >= 0.3 is 6.09 Å². The first-order chi connectivity index (χ1) is 9.85. The summed E-state index contributed by atoms with van der Waals surface area (Å²) in [7, 11) is 0. The number of pyridine rings is 1. The van der Waals surface area contributed by atoms with Crippen molar-refractivity contribution in [1.29, 1.82) is 0 Å². The van der Waals surface area contributed by atoms with Gasteiger partial charge in [0.05, 0.1) is 0 Å². The molecule has 0 fully saturated rings. The molecule has 0 aliphatic heterocycles. The zero-order valence-electron chi connectivity index (χ0n) is 12.2. The van der Waals surface area contributed by atoms with E-state index in [1.165, 1.54) is 0 Å². The Hall–Kier alpha value is -2.07. The number of halogens is 1. The van der Waals surface area contributed by atoms with Gasteiger partial charge in [0.15, 0.2) is 0 Å². The zero-order valence-corrected chi connectivity index (χ0v) is 12.9. The summed E-state index contributed by atoms with van der Waals surface area (Å²) in [5.74, 6) is 0.378. The number of carbonyl (C=O) groups is 1. The molecule has 1 heterocycles. The first-order valence-corrected chi connectivity index (χ1v) is 6.95. The summed E-state index contributed by atoms with van der Waals surface area (Å²) in [6, 6.07) is 13.1. The summed E-state index contributed by atoms with van der Waals surface area (Å²) in [6.07, 6.45) is -0.561. The van der Waals surface area contributed by atoms with E-state index in [1.807, 2.05) is 36.4 Å². The Morgan fingerprint density at radius 1 is 1.14 bits per heavy atom. The molecular formula is C16H17ClN2O2. The SMILES string of the molecule is CC(C)(C)OC(=O)Nc1nc(Cl)ccc1-c1ccccc1. The molecule has 4 nitrogen and oxygen atoms in total. The minimum atomic E-state index is -0.574. The van der Waals surface area contributed by atoms with E-state index in [0.717, 1.165) is 11.1 Å². The number of ether oxygens (including phenoxy) is 1. The van der Waals surface area contributed by atoms with Crippen molar-refractivity contribution < 1.29 is 9.53 Å². The highest BCUT2D eigenvalue weighted by Gasteiger charge is 2.18. The quantitative estimate of drug-likeness (QED) is 0.815. The Morgan fingerprint density at radius 3 is 2.43 bits per heavy atom. The lowest BCUT2D eigenvalue weighted by molar-refractivity contribution is 0.0635. The highest BCUT2D eigenvalue weighted by molar-refractivity contribution is 6.29. The molecule has 0 saturated heterocycles. The van der Waals surface area contributed by atoms with Crippen molar-refractivity contribution in [3.8, 4) is 11.1 Å². The van der Waals surface area contributed by atoms with E-state index >= 15 is 0 Å². The molecule has 2 rings (SSSR count). The average Bonchev–Trinajstić information content (AvgIpc) is 2.37. The zero-order chi connectivity index (χ0) is 15.5. The van der Waals surface area contributed by atoms with Gasteiger partial charge in [-0.2, -0.15) is 0 Å². The summed E-state index contributed by atoms with van der Waals surface area (Å²) < 4.78 is 5.24. The Kier molecular flexibility index (Phi) is 4.48. The van der Waals surface area contributed by atoms with Crippen LogP contribution in [0.2, 0.25) is 5.15 Å². The number of hydrogen-bond acceptors (Lipinski definition) is 3. The van der Waals surface area contributed by atoms with Crippen molar-refractivity contribution in [2.24, 2.45) is 0 Å². The van der Waals surface area contributed by atoms with Crippen LogP contribution in [-0.4, -0.2) is 16.7 Å². The first kappa shape index (κ1) is 15.3. The fourth-order valence-corrected chi connectivity index (χ4v) is 1.93. The predicted molar refractivity (Wildman–Crippen MR) is 84.5 cm³/mol. The molecule has 0 atom stereocenters. The number of nitrogens with one attached hydrogen (secondary N) is 1. The third kappa shape index (κ3) is 4.46. The highest BCUT2D eigenvalue weighted by Crippen LogP contribution is 2.28. The van der Waals surface area contributed by atoms with Crippen molar-refractivity contribution in [3.05, 3.63) is 47.6 Å². The van der Waals surface area contributed by atoms with E-state index in [2.05, 4.69) is 10.3 Å². The second kappa shape index (κ2) is 6.14. The summed E-state index contributed by atoms with van der Waals surface area (Å²) in [5, 5.41) is 2.96. The van der Waals surface area contributed by atoms with Gasteiger partial charge in [0, 0.05) is 5.56 Å². The summed E-state index contributed by atoms with van der Waals surface area (Å²) in [5.41, 5.74) is 1.15. The summed E-state index contributed by atoms with van der Waals surface area (Å²) >= 11 is 5.92. The van der Waals surface area contributed by atoms with E-state index in [0.29, 0.717) is 11.0 Å². The van der Waals surface area contributed by atoms with Crippen molar-refractivity contribution >= 4 is 23.5 Å². The molecule has 0 radical (unpaired) electrons. The van der Waals surface area contributed by atoms with E-state index in [4.69, 9.17) is 16.3 Å². The number of anilines is 1. The van der Waals surface area contributed by atoms with Crippen LogP contribution in [0.3, 0.4) is 0 Å². The Bertz CT molecular complexity index is 636. The van der Waals surface area contributed by atoms with Crippen LogP contribution in [0.25, 0.3) is 11.1 Å². The van der Waals surface area contributed by atoms with Gasteiger partial charge in [-0.05, 0) is 38.5 Å². The molecule has 0 unspecified atom stereocenters. The minimum Gasteiger partial charge on any atom is -0.444 e. The van der Waals surface area contributed by atoms with Gasteiger partial charge in [-0.25, -0.2) is 9.78 Å². The number of aromatic nitrogens is 1. The van der Waals surface area contributed by atoms with Crippen LogP contribution in [0.5, 0.6) is 0 Å². The molecule has 1 aromatic carbocycles. The van der Waals surface area contributed by atoms with E-state index in [-0.39, 0.29) is 0 Å². The van der Waals surface area contributed by atoms with E-state index < -0.39 is 11.7 Å². The average molecular weight is 305 g/mol. The number of amides is 1. The first-order valence-electron chi connectivity index (χ1n) is 6.57.